The van der Waals surface area contributed by atoms with Crippen molar-refractivity contribution in [2.24, 2.45) is 5.92 Å². The van der Waals surface area contributed by atoms with Crippen LogP contribution >= 0.6 is 0 Å². The second kappa shape index (κ2) is 6.26. The minimum atomic E-state index is -0.111. The maximum atomic E-state index is 8.69. The monoisotopic (exact) mass is 254 g/mol. The third-order valence-corrected chi connectivity index (χ3v) is 2.71. The van der Waals surface area contributed by atoms with E-state index < -0.39 is 0 Å². The first kappa shape index (κ1) is 13.5. The Labute approximate surface area is 114 Å². The van der Waals surface area contributed by atoms with E-state index in [2.05, 4.69) is 25.7 Å². The van der Waals surface area contributed by atoms with Crippen LogP contribution in [0.15, 0.2) is 36.4 Å². The van der Waals surface area contributed by atoms with Crippen LogP contribution in [0.4, 0.5) is 0 Å². The molecule has 1 N–H and O–H groups in total. The first-order valence-corrected chi connectivity index (χ1v) is 6.45. The third-order valence-electron chi connectivity index (χ3n) is 2.71. The summed E-state index contributed by atoms with van der Waals surface area (Å²) in [6.07, 6.45) is 0. The molecule has 0 aliphatic rings. The maximum Gasteiger partial charge on any atom is 0.119 e. The molecular weight excluding hydrogens is 236 g/mol. The van der Waals surface area contributed by atoms with E-state index in [0.29, 0.717) is 5.92 Å². The standard InChI is InChI=1S/C17H18O2/c1-13(2)12-19-17-8-7-15-10-14(4-3-9-18)5-6-16(15)11-17/h5-8,10-11,13,18H,9,12H2,1-2H3. The number of benzene rings is 2. The van der Waals surface area contributed by atoms with E-state index in [9.17, 15) is 0 Å². The number of aliphatic hydroxyl groups is 1. The molecule has 98 valence electrons. The van der Waals surface area contributed by atoms with Gasteiger partial charge in [0.15, 0.2) is 0 Å². The van der Waals surface area contributed by atoms with Gasteiger partial charge in [-0.25, -0.2) is 0 Å². The lowest BCUT2D eigenvalue weighted by Gasteiger charge is -2.09. The van der Waals surface area contributed by atoms with Crippen molar-refractivity contribution in [3.8, 4) is 17.6 Å². The van der Waals surface area contributed by atoms with Gasteiger partial charge in [0.25, 0.3) is 0 Å². The fourth-order valence-corrected chi connectivity index (χ4v) is 1.80. The molecule has 0 fully saturated rings. The van der Waals surface area contributed by atoms with Crippen LogP contribution in [0.25, 0.3) is 10.8 Å². The topological polar surface area (TPSA) is 29.5 Å². The van der Waals surface area contributed by atoms with Gasteiger partial charge in [0.05, 0.1) is 6.61 Å². The summed E-state index contributed by atoms with van der Waals surface area (Å²) in [6, 6.07) is 12.1. The SMILES string of the molecule is CC(C)COc1ccc2cc(C#CCO)ccc2c1. The van der Waals surface area contributed by atoms with Gasteiger partial charge in [-0.15, -0.1) is 0 Å². The van der Waals surface area contributed by atoms with Gasteiger partial charge in [0.1, 0.15) is 12.4 Å². The van der Waals surface area contributed by atoms with E-state index in [1.807, 2.05) is 36.4 Å². The first-order valence-electron chi connectivity index (χ1n) is 6.45. The summed E-state index contributed by atoms with van der Waals surface area (Å²) in [5.74, 6) is 6.98. The fraction of sp³-hybridized carbons (Fsp3) is 0.294. The zero-order valence-corrected chi connectivity index (χ0v) is 11.3. The molecule has 2 nitrogen and oxygen atoms in total. The van der Waals surface area contributed by atoms with Gasteiger partial charge < -0.3 is 9.84 Å². The highest BCUT2D eigenvalue weighted by Crippen LogP contribution is 2.22. The van der Waals surface area contributed by atoms with E-state index in [1.165, 1.54) is 0 Å². The molecular formula is C17H18O2. The highest BCUT2D eigenvalue weighted by molar-refractivity contribution is 5.85. The second-order valence-corrected chi connectivity index (χ2v) is 4.89. The van der Waals surface area contributed by atoms with Crippen molar-refractivity contribution in [3.05, 3.63) is 42.0 Å². The highest BCUT2D eigenvalue weighted by Gasteiger charge is 2.00. The van der Waals surface area contributed by atoms with Crippen LogP contribution in [0.5, 0.6) is 5.75 Å². The number of rotatable bonds is 3. The molecule has 0 saturated carbocycles. The normalized spacial score (nSPS) is 10.3. The van der Waals surface area contributed by atoms with Crippen molar-refractivity contribution in [2.45, 2.75) is 13.8 Å². The van der Waals surface area contributed by atoms with E-state index in [-0.39, 0.29) is 6.61 Å². The molecule has 0 unspecified atom stereocenters. The van der Waals surface area contributed by atoms with Crippen LogP contribution < -0.4 is 4.74 Å². The van der Waals surface area contributed by atoms with Crippen molar-refractivity contribution in [3.63, 3.8) is 0 Å². The Morgan fingerprint density at radius 1 is 1.11 bits per heavy atom. The Bertz CT molecular complexity index is 618. The van der Waals surface area contributed by atoms with Crippen LogP contribution in [0.3, 0.4) is 0 Å². The minimum Gasteiger partial charge on any atom is -0.493 e. The highest BCUT2D eigenvalue weighted by atomic mass is 16.5. The van der Waals surface area contributed by atoms with E-state index in [4.69, 9.17) is 9.84 Å². The zero-order valence-electron chi connectivity index (χ0n) is 11.3. The van der Waals surface area contributed by atoms with Gasteiger partial charge in [0, 0.05) is 5.56 Å². The first-order chi connectivity index (χ1) is 9.19. The van der Waals surface area contributed by atoms with Crippen LogP contribution in [0.2, 0.25) is 0 Å². The Hall–Kier alpha value is -1.98. The predicted octanol–water partition coefficient (Wildman–Crippen LogP) is 3.22. The van der Waals surface area contributed by atoms with E-state index in [0.717, 1.165) is 28.7 Å². The molecule has 0 heterocycles. The van der Waals surface area contributed by atoms with E-state index >= 15 is 0 Å². The average molecular weight is 254 g/mol. The van der Waals surface area contributed by atoms with Crippen LogP contribution in [0.1, 0.15) is 19.4 Å². The summed E-state index contributed by atoms with van der Waals surface area (Å²) in [6.45, 7) is 4.88. The van der Waals surface area contributed by atoms with Crippen molar-refractivity contribution >= 4 is 10.8 Å². The average Bonchev–Trinajstić information content (AvgIpc) is 2.42. The molecule has 0 amide bonds. The Morgan fingerprint density at radius 2 is 1.84 bits per heavy atom. The summed E-state index contributed by atoms with van der Waals surface area (Å²) >= 11 is 0. The van der Waals surface area contributed by atoms with Crippen LogP contribution in [-0.2, 0) is 0 Å². The molecule has 0 spiro atoms. The molecule has 0 atom stereocenters. The van der Waals surface area contributed by atoms with Gasteiger partial charge in [-0.05, 0) is 41.0 Å². The lowest BCUT2D eigenvalue weighted by Crippen LogP contribution is -2.04. The number of fused-ring (bicyclic) bond motifs is 1. The minimum absolute atomic E-state index is 0.111. The predicted molar refractivity (Wildman–Crippen MR) is 78.2 cm³/mol. The Morgan fingerprint density at radius 3 is 2.58 bits per heavy atom. The molecule has 2 aromatic carbocycles. The quantitative estimate of drug-likeness (QED) is 0.852. The van der Waals surface area contributed by atoms with Gasteiger partial charge in [-0.1, -0.05) is 37.8 Å². The Kier molecular flexibility index (Phi) is 4.43. The second-order valence-electron chi connectivity index (χ2n) is 4.89. The summed E-state index contributed by atoms with van der Waals surface area (Å²) < 4.78 is 5.71. The maximum absolute atomic E-state index is 8.69. The molecule has 19 heavy (non-hydrogen) atoms. The molecule has 0 saturated heterocycles. The van der Waals surface area contributed by atoms with Crippen molar-refractivity contribution in [2.75, 3.05) is 13.2 Å². The number of hydrogen-bond acceptors (Lipinski definition) is 2. The smallest absolute Gasteiger partial charge is 0.119 e. The molecule has 0 aromatic heterocycles. The Balaban J connectivity index is 2.25. The van der Waals surface area contributed by atoms with Gasteiger partial charge >= 0.3 is 0 Å². The van der Waals surface area contributed by atoms with Crippen molar-refractivity contribution in [1.82, 2.24) is 0 Å². The number of aliphatic hydroxyl groups excluding tert-OH is 1. The molecule has 2 aromatic rings. The number of ether oxygens (including phenoxy) is 1. The van der Waals surface area contributed by atoms with Crippen LogP contribution in [-0.4, -0.2) is 18.3 Å². The van der Waals surface area contributed by atoms with Crippen molar-refractivity contribution < 1.29 is 9.84 Å². The fourth-order valence-electron chi connectivity index (χ4n) is 1.80. The molecule has 0 aliphatic carbocycles. The summed E-state index contributed by atoms with van der Waals surface area (Å²) in [4.78, 5) is 0. The van der Waals surface area contributed by atoms with E-state index in [1.54, 1.807) is 0 Å². The molecule has 0 bridgehead atoms. The summed E-state index contributed by atoms with van der Waals surface area (Å²) in [5, 5.41) is 11.0. The zero-order chi connectivity index (χ0) is 13.7. The van der Waals surface area contributed by atoms with Gasteiger partial charge in [-0.3, -0.25) is 0 Å². The molecule has 0 radical (unpaired) electrons. The summed E-state index contributed by atoms with van der Waals surface area (Å²) in [5.41, 5.74) is 0.914. The third kappa shape index (κ3) is 3.74. The number of hydrogen-bond donors (Lipinski definition) is 1. The molecule has 0 aliphatic heterocycles. The largest absolute Gasteiger partial charge is 0.493 e. The van der Waals surface area contributed by atoms with Crippen LogP contribution in [0, 0.1) is 17.8 Å². The molecule has 2 rings (SSSR count). The van der Waals surface area contributed by atoms with Crippen molar-refractivity contribution in [1.29, 1.82) is 0 Å². The van der Waals surface area contributed by atoms with Gasteiger partial charge in [-0.2, -0.15) is 0 Å². The van der Waals surface area contributed by atoms with Gasteiger partial charge in [0.2, 0.25) is 0 Å². The lowest BCUT2D eigenvalue weighted by molar-refractivity contribution is 0.271. The summed E-state index contributed by atoms with van der Waals surface area (Å²) in [7, 11) is 0. The molecule has 2 heteroatoms. The lowest BCUT2D eigenvalue weighted by atomic mass is 10.1.